The third-order valence-corrected chi connectivity index (χ3v) is 5.79. The second kappa shape index (κ2) is 10.8. The fourth-order valence-electron chi connectivity index (χ4n) is 4.16. The van der Waals surface area contributed by atoms with Gasteiger partial charge in [-0.2, -0.15) is 0 Å². The molecule has 1 aliphatic heterocycles. The SMILES string of the molecule is C[C@@H]1CCC[C@H]([C@H](COC(=O)c2ccc([N+](=O)[O-])cc2)[C@@H](C[N+](=O)[O-])c2ccccc2)O1. The van der Waals surface area contributed by atoms with Crippen LogP contribution in [0.2, 0.25) is 0 Å². The Labute approximate surface area is 185 Å². The second-order valence-electron chi connectivity index (χ2n) is 8.01. The number of hydrogen-bond acceptors (Lipinski definition) is 7. The van der Waals surface area contributed by atoms with E-state index in [0.29, 0.717) is 0 Å². The molecule has 1 fully saturated rings. The Morgan fingerprint density at radius 3 is 2.38 bits per heavy atom. The molecule has 0 saturated carbocycles. The number of nitro benzene ring substituents is 1. The van der Waals surface area contributed by atoms with Crippen LogP contribution in [-0.4, -0.2) is 41.2 Å². The molecule has 3 rings (SSSR count). The molecule has 32 heavy (non-hydrogen) atoms. The van der Waals surface area contributed by atoms with Crippen LogP contribution in [-0.2, 0) is 9.47 Å². The number of non-ortho nitro benzene ring substituents is 1. The Balaban J connectivity index is 1.82. The molecular formula is C23H26N2O7. The summed E-state index contributed by atoms with van der Waals surface area (Å²) in [6, 6.07) is 14.3. The standard InChI is InChI=1S/C23H26N2O7/c1-16-6-5-9-22(32-16)21(20(14-24(27)28)17-7-3-2-4-8-17)15-31-23(26)18-10-12-19(13-11-18)25(29)30/h2-4,7-8,10-13,16,20-22H,5-6,9,14-15H2,1H3/t16-,20+,21-,22-/m1/s1. The zero-order valence-electron chi connectivity index (χ0n) is 17.8. The molecule has 0 amide bonds. The van der Waals surface area contributed by atoms with E-state index in [4.69, 9.17) is 9.47 Å². The predicted octanol–water partition coefficient (Wildman–Crippen LogP) is 4.39. The van der Waals surface area contributed by atoms with Gasteiger partial charge in [0.1, 0.15) is 0 Å². The van der Waals surface area contributed by atoms with Crippen molar-refractivity contribution in [3.05, 3.63) is 86.0 Å². The third kappa shape index (κ3) is 6.10. The minimum absolute atomic E-state index is 0.0219. The number of esters is 1. The number of benzene rings is 2. The van der Waals surface area contributed by atoms with Gasteiger partial charge in [0.2, 0.25) is 6.54 Å². The molecular weight excluding hydrogens is 416 g/mol. The van der Waals surface area contributed by atoms with Crippen LogP contribution in [0.15, 0.2) is 54.6 Å². The van der Waals surface area contributed by atoms with Crippen molar-refractivity contribution in [3.63, 3.8) is 0 Å². The van der Waals surface area contributed by atoms with Crippen molar-refractivity contribution in [2.75, 3.05) is 13.2 Å². The van der Waals surface area contributed by atoms with Gasteiger partial charge in [-0.1, -0.05) is 30.3 Å². The third-order valence-electron chi connectivity index (χ3n) is 5.79. The average molecular weight is 442 g/mol. The van der Waals surface area contributed by atoms with Crippen molar-refractivity contribution in [2.24, 2.45) is 5.92 Å². The number of rotatable bonds is 9. The molecule has 4 atom stereocenters. The lowest BCUT2D eigenvalue weighted by atomic mass is 9.80. The fraction of sp³-hybridized carbons (Fsp3) is 0.435. The van der Waals surface area contributed by atoms with Crippen molar-refractivity contribution in [3.8, 4) is 0 Å². The van der Waals surface area contributed by atoms with Gasteiger partial charge in [-0.15, -0.1) is 0 Å². The molecule has 0 spiro atoms. The summed E-state index contributed by atoms with van der Waals surface area (Å²) in [4.78, 5) is 34.0. The highest BCUT2D eigenvalue weighted by atomic mass is 16.6. The molecule has 0 N–H and O–H groups in total. The first-order valence-electron chi connectivity index (χ1n) is 10.6. The van der Waals surface area contributed by atoms with Gasteiger partial charge < -0.3 is 9.47 Å². The second-order valence-corrected chi connectivity index (χ2v) is 8.01. The van der Waals surface area contributed by atoms with Crippen LogP contribution in [0.3, 0.4) is 0 Å². The van der Waals surface area contributed by atoms with E-state index in [0.717, 1.165) is 24.8 Å². The number of ether oxygens (including phenoxy) is 2. The average Bonchev–Trinajstić information content (AvgIpc) is 2.78. The fourth-order valence-corrected chi connectivity index (χ4v) is 4.16. The Morgan fingerprint density at radius 1 is 1.09 bits per heavy atom. The zero-order chi connectivity index (χ0) is 23.1. The van der Waals surface area contributed by atoms with Gasteiger partial charge in [0, 0.05) is 23.0 Å². The molecule has 9 heteroatoms. The first kappa shape index (κ1) is 23.3. The lowest BCUT2D eigenvalue weighted by Gasteiger charge is -2.36. The lowest BCUT2D eigenvalue weighted by molar-refractivity contribution is -0.485. The van der Waals surface area contributed by atoms with Crippen LogP contribution < -0.4 is 0 Å². The van der Waals surface area contributed by atoms with E-state index in [1.807, 2.05) is 37.3 Å². The van der Waals surface area contributed by atoms with Gasteiger partial charge in [0.15, 0.2) is 0 Å². The van der Waals surface area contributed by atoms with Crippen molar-refractivity contribution < 1.29 is 24.1 Å². The number of carbonyl (C=O) groups excluding carboxylic acids is 1. The summed E-state index contributed by atoms with van der Waals surface area (Å²) in [6.45, 7) is 1.61. The van der Waals surface area contributed by atoms with Gasteiger partial charge in [-0.3, -0.25) is 20.2 Å². The van der Waals surface area contributed by atoms with E-state index in [9.17, 15) is 25.0 Å². The quantitative estimate of drug-likeness (QED) is 0.321. The normalized spacial score (nSPS) is 20.2. The highest BCUT2D eigenvalue weighted by Crippen LogP contribution is 2.35. The van der Waals surface area contributed by atoms with Crippen molar-refractivity contribution in [1.82, 2.24) is 0 Å². The number of nitro groups is 2. The first-order valence-corrected chi connectivity index (χ1v) is 10.6. The van der Waals surface area contributed by atoms with Crippen LogP contribution in [0.5, 0.6) is 0 Å². The Bertz CT molecular complexity index is 933. The molecule has 1 aliphatic rings. The Kier molecular flexibility index (Phi) is 7.88. The maximum Gasteiger partial charge on any atom is 0.338 e. The molecule has 1 saturated heterocycles. The largest absolute Gasteiger partial charge is 0.462 e. The van der Waals surface area contributed by atoms with E-state index in [2.05, 4.69) is 0 Å². The van der Waals surface area contributed by atoms with Gasteiger partial charge in [-0.05, 0) is 43.9 Å². The molecule has 0 unspecified atom stereocenters. The van der Waals surface area contributed by atoms with Gasteiger partial charge in [0.25, 0.3) is 5.69 Å². The first-order chi connectivity index (χ1) is 15.3. The zero-order valence-corrected chi connectivity index (χ0v) is 17.8. The van der Waals surface area contributed by atoms with Gasteiger partial charge >= 0.3 is 5.97 Å². The molecule has 9 nitrogen and oxygen atoms in total. The molecule has 0 aromatic heterocycles. The molecule has 1 heterocycles. The number of nitrogens with zero attached hydrogens (tertiary/aromatic N) is 2. The van der Waals surface area contributed by atoms with E-state index in [-0.39, 0.29) is 41.5 Å². The van der Waals surface area contributed by atoms with Crippen molar-refractivity contribution in [1.29, 1.82) is 0 Å². The van der Waals surface area contributed by atoms with Crippen LogP contribution in [0.1, 0.15) is 48.0 Å². The summed E-state index contributed by atoms with van der Waals surface area (Å²) < 4.78 is 11.7. The Morgan fingerprint density at radius 2 is 1.78 bits per heavy atom. The van der Waals surface area contributed by atoms with Gasteiger partial charge in [0.05, 0.1) is 35.2 Å². The highest BCUT2D eigenvalue weighted by molar-refractivity contribution is 5.89. The summed E-state index contributed by atoms with van der Waals surface area (Å²) in [7, 11) is 0. The molecule has 170 valence electrons. The van der Waals surface area contributed by atoms with E-state index >= 15 is 0 Å². The minimum atomic E-state index is -0.637. The molecule has 0 radical (unpaired) electrons. The van der Waals surface area contributed by atoms with E-state index in [1.54, 1.807) is 0 Å². The molecule has 2 aromatic rings. The molecule has 0 bridgehead atoms. The number of hydrogen-bond donors (Lipinski definition) is 0. The van der Waals surface area contributed by atoms with Crippen molar-refractivity contribution >= 4 is 11.7 Å². The van der Waals surface area contributed by atoms with Crippen LogP contribution in [0, 0.1) is 26.1 Å². The van der Waals surface area contributed by atoms with Gasteiger partial charge in [-0.25, -0.2) is 4.79 Å². The topological polar surface area (TPSA) is 122 Å². The van der Waals surface area contributed by atoms with E-state index < -0.39 is 22.7 Å². The van der Waals surface area contributed by atoms with Crippen LogP contribution in [0.4, 0.5) is 5.69 Å². The van der Waals surface area contributed by atoms with Crippen molar-refractivity contribution in [2.45, 2.75) is 44.3 Å². The van der Waals surface area contributed by atoms with Crippen LogP contribution >= 0.6 is 0 Å². The maximum atomic E-state index is 12.6. The van der Waals surface area contributed by atoms with E-state index in [1.165, 1.54) is 24.3 Å². The maximum absolute atomic E-state index is 12.6. The Hall–Kier alpha value is -3.33. The summed E-state index contributed by atoms with van der Waals surface area (Å²) in [5.41, 5.74) is 0.847. The monoisotopic (exact) mass is 442 g/mol. The summed E-state index contributed by atoms with van der Waals surface area (Å²) in [5, 5.41) is 22.3. The number of carbonyl (C=O) groups is 1. The summed E-state index contributed by atoms with van der Waals surface area (Å²) in [5.74, 6) is -1.54. The smallest absolute Gasteiger partial charge is 0.338 e. The minimum Gasteiger partial charge on any atom is -0.462 e. The summed E-state index contributed by atoms with van der Waals surface area (Å²) >= 11 is 0. The highest BCUT2D eigenvalue weighted by Gasteiger charge is 2.37. The molecule has 2 aromatic carbocycles. The summed E-state index contributed by atoms with van der Waals surface area (Å²) in [6.07, 6.45) is 2.31. The predicted molar refractivity (Wildman–Crippen MR) is 116 cm³/mol. The van der Waals surface area contributed by atoms with Crippen LogP contribution in [0.25, 0.3) is 0 Å². The molecule has 0 aliphatic carbocycles. The lowest BCUT2D eigenvalue weighted by Crippen LogP contribution is -2.40.